The third-order valence-corrected chi connectivity index (χ3v) is 3.89. The third-order valence-electron chi connectivity index (χ3n) is 3.58. The lowest BCUT2D eigenvalue weighted by Gasteiger charge is -2.23. The first kappa shape index (κ1) is 10.8. The molecule has 4 nitrogen and oxygen atoms in total. The number of carbonyl (C=O) groups excluding carboxylic acids is 1. The molecule has 1 aromatic rings. The summed E-state index contributed by atoms with van der Waals surface area (Å²) in [5.41, 5.74) is 1.51. The molecule has 1 atom stereocenters. The van der Waals surface area contributed by atoms with Gasteiger partial charge in [-0.3, -0.25) is 4.79 Å². The van der Waals surface area contributed by atoms with Gasteiger partial charge >= 0.3 is 0 Å². The SMILES string of the molecule is C[C@@H]1CCCN1c1cc2c(c(Cl)n1)CNC2=O. The second kappa shape index (κ2) is 3.88. The number of pyridine rings is 1. The van der Waals surface area contributed by atoms with E-state index in [1.54, 1.807) is 0 Å². The van der Waals surface area contributed by atoms with E-state index >= 15 is 0 Å². The van der Waals surface area contributed by atoms with Crippen molar-refractivity contribution in [2.45, 2.75) is 32.4 Å². The van der Waals surface area contributed by atoms with Crippen LogP contribution in [0.15, 0.2) is 6.07 Å². The molecule has 17 heavy (non-hydrogen) atoms. The molecule has 2 aliphatic rings. The number of hydrogen-bond acceptors (Lipinski definition) is 3. The summed E-state index contributed by atoms with van der Waals surface area (Å²) in [4.78, 5) is 18.3. The van der Waals surface area contributed by atoms with Crippen LogP contribution >= 0.6 is 11.6 Å². The summed E-state index contributed by atoms with van der Waals surface area (Å²) in [6.45, 7) is 3.66. The Morgan fingerprint density at radius 3 is 3.12 bits per heavy atom. The molecular weight excluding hydrogens is 238 g/mol. The van der Waals surface area contributed by atoms with E-state index in [9.17, 15) is 4.79 Å². The summed E-state index contributed by atoms with van der Waals surface area (Å²) < 4.78 is 0. The fraction of sp³-hybridized carbons (Fsp3) is 0.500. The molecule has 0 bridgehead atoms. The van der Waals surface area contributed by atoms with Gasteiger partial charge in [-0.05, 0) is 25.8 Å². The Labute approximate surface area is 105 Å². The number of nitrogens with zero attached hydrogens (tertiary/aromatic N) is 2. The van der Waals surface area contributed by atoms with E-state index in [1.807, 2.05) is 6.07 Å². The largest absolute Gasteiger partial charge is 0.354 e. The van der Waals surface area contributed by atoms with Crippen molar-refractivity contribution in [1.82, 2.24) is 10.3 Å². The number of rotatable bonds is 1. The molecule has 0 spiro atoms. The van der Waals surface area contributed by atoms with Crippen molar-refractivity contribution >= 4 is 23.3 Å². The average molecular weight is 252 g/mol. The number of fused-ring (bicyclic) bond motifs is 1. The van der Waals surface area contributed by atoms with Gasteiger partial charge in [0.2, 0.25) is 0 Å². The number of amides is 1. The van der Waals surface area contributed by atoms with Gasteiger partial charge in [0.15, 0.2) is 0 Å². The molecule has 0 aliphatic carbocycles. The maximum Gasteiger partial charge on any atom is 0.252 e. The van der Waals surface area contributed by atoms with E-state index in [-0.39, 0.29) is 5.91 Å². The third kappa shape index (κ3) is 1.67. The van der Waals surface area contributed by atoms with Crippen LogP contribution in [0.2, 0.25) is 5.15 Å². The number of nitrogens with one attached hydrogen (secondary N) is 1. The molecule has 1 saturated heterocycles. The molecule has 3 rings (SSSR count). The molecular formula is C12H14ClN3O. The summed E-state index contributed by atoms with van der Waals surface area (Å²) in [7, 11) is 0. The fourth-order valence-corrected chi connectivity index (χ4v) is 2.84. The Hall–Kier alpha value is -1.29. The van der Waals surface area contributed by atoms with Crippen LogP contribution in [0.3, 0.4) is 0 Å². The van der Waals surface area contributed by atoms with Crippen molar-refractivity contribution in [3.8, 4) is 0 Å². The van der Waals surface area contributed by atoms with Crippen molar-refractivity contribution in [2.75, 3.05) is 11.4 Å². The van der Waals surface area contributed by atoms with Crippen LogP contribution in [0.4, 0.5) is 5.82 Å². The van der Waals surface area contributed by atoms with Crippen molar-refractivity contribution in [3.05, 3.63) is 22.3 Å². The van der Waals surface area contributed by atoms with Crippen LogP contribution in [0.1, 0.15) is 35.7 Å². The highest BCUT2D eigenvalue weighted by Gasteiger charge is 2.27. The van der Waals surface area contributed by atoms with E-state index < -0.39 is 0 Å². The molecule has 0 unspecified atom stereocenters. The molecule has 3 heterocycles. The summed E-state index contributed by atoms with van der Waals surface area (Å²) in [6.07, 6.45) is 2.34. The maximum atomic E-state index is 11.7. The van der Waals surface area contributed by atoms with Gasteiger partial charge in [0.25, 0.3) is 5.91 Å². The highest BCUT2D eigenvalue weighted by molar-refractivity contribution is 6.31. The van der Waals surface area contributed by atoms with Crippen molar-refractivity contribution in [3.63, 3.8) is 0 Å². The van der Waals surface area contributed by atoms with Crippen molar-refractivity contribution < 1.29 is 4.79 Å². The highest BCUT2D eigenvalue weighted by atomic mass is 35.5. The number of halogens is 1. The number of aromatic nitrogens is 1. The van der Waals surface area contributed by atoms with E-state index in [2.05, 4.69) is 22.1 Å². The van der Waals surface area contributed by atoms with Gasteiger partial charge in [-0.25, -0.2) is 4.98 Å². The smallest absolute Gasteiger partial charge is 0.252 e. The van der Waals surface area contributed by atoms with Crippen LogP contribution in [0.5, 0.6) is 0 Å². The van der Waals surface area contributed by atoms with E-state index in [0.717, 1.165) is 17.9 Å². The average Bonchev–Trinajstić information content (AvgIpc) is 2.86. The first-order valence-electron chi connectivity index (χ1n) is 5.91. The normalized spacial score (nSPS) is 22.8. The topological polar surface area (TPSA) is 45.2 Å². The second-order valence-corrected chi connectivity index (χ2v) is 5.02. The van der Waals surface area contributed by atoms with Crippen LogP contribution in [-0.2, 0) is 6.54 Å². The molecule has 5 heteroatoms. The Morgan fingerprint density at radius 2 is 2.41 bits per heavy atom. The number of anilines is 1. The zero-order chi connectivity index (χ0) is 12.0. The second-order valence-electron chi connectivity index (χ2n) is 4.66. The van der Waals surface area contributed by atoms with Gasteiger partial charge in [0.05, 0.1) is 5.56 Å². The van der Waals surface area contributed by atoms with Crippen molar-refractivity contribution in [1.29, 1.82) is 0 Å². The first-order valence-corrected chi connectivity index (χ1v) is 6.29. The van der Waals surface area contributed by atoms with Gasteiger partial charge in [-0.1, -0.05) is 11.6 Å². The molecule has 1 aromatic heterocycles. The lowest BCUT2D eigenvalue weighted by molar-refractivity contribution is 0.0965. The standard InChI is InChI=1S/C12H14ClN3O/c1-7-3-2-4-16(7)10-5-8-9(11(13)15-10)6-14-12(8)17/h5,7H,2-4,6H2,1H3,(H,14,17)/t7-/m1/s1. The van der Waals surface area contributed by atoms with Crippen LogP contribution in [0, 0.1) is 0 Å². The zero-order valence-electron chi connectivity index (χ0n) is 9.66. The molecule has 1 amide bonds. The minimum Gasteiger partial charge on any atom is -0.354 e. The molecule has 0 saturated carbocycles. The Bertz CT molecular complexity index is 489. The Morgan fingerprint density at radius 1 is 1.59 bits per heavy atom. The number of carbonyl (C=O) groups is 1. The lowest BCUT2D eigenvalue weighted by atomic mass is 10.1. The maximum absolute atomic E-state index is 11.7. The van der Waals surface area contributed by atoms with Crippen LogP contribution in [-0.4, -0.2) is 23.5 Å². The Balaban J connectivity index is 2.05. The minimum atomic E-state index is -0.0441. The molecule has 0 radical (unpaired) electrons. The highest BCUT2D eigenvalue weighted by Crippen LogP contribution is 2.30. The van der Waals surface area contributed by atoms with Gasteiger partial charge in [-0.15, -0.1) is 0 Å². The lowest BCUT2D eigenvalue weighted by Crippen LogP contribution is -2.27. The first-order chi connectivity index (χ1) is 8.16. The monoisotopic (exact) mass is 251 g/mol. The predicted molar refractivity (Wildman–Crippen MR) is 66.5 cm³/mol. The van der Waals surface area contributed by atoms with Crippen LogP contribution in [0.25, 0.3) is 0 Å². The van der Waals surface area contributed by atoms with Gasteiger partial charge < -0.3 is 10.2 Å². The molecule has 1 fully saturated rings. The van der Waals surface area contributed by atoms with E-state index in [1.165, 1.54) is 12.8 Å². The van der Waals surface area contributed by atoms with Gasteiger partial charge in [0.1, 0.15) is 11.0 Å². The summed E-state index contributed by atoms with van der Waals surface area (Å²) >= 11 is 6.14. The van der Waals surface area contributed by atoms with Crippen molar-refractivity contribution in [2.24, 2.45) is 0 Å². The Kier molecular flexibility index (Phi) is 2.47. The number of hydrogen-bond donors (Lipinski definition) is 1. The fourth-order valence-electron chi connectivity index (χ4n) is 2.58. The van der Waals surface area contributed by atoms with E-state index in [0.29, 0.717) is 23.3 Å². The molecule has 1 N–H and O–H groups in total. The van der Waals surface area contributed by atoms with E-state index in [4.69, 9.17) is 11.6 Å². The van der Waals surface area contributed by atoms with Gasteiger partial charge in [0, 0.05) is 24.7 Å². The predicted octanol–water partition coefficient (Wildman–Crippen LogP) is 1.97. The summed E-state index contributed by atoms with van der Waals surface area (Å²) in [5, 5.41) is 3.23. The van der Waals surface area contributed by atoms with Gasteiger partial charge in [-0.2, -0.15) is 0 Å². The summed E-state index contributed by atoms with van der Waals surface area (Å²) in [5.74, 6) is 0.785. The molecule has 0 aromatic carbocycles. The minimum absolute atomic E-state index is 0.0441. The van der Waals surface area contributed by atoms with Crippen LogP contribution < -0.4 is 10.2 Å². The molecule has 2 aliphatic heterocycles. The quantitative estimate of drug-likeness (QED) is 0.777. The molecule has 90 valence electrons. The summed E-state index contributed by atoms with van der Waals surface area (Å²) in [6, 6.07) is 2.34. The zero-order valence-corrected chi connectivity index (χ0v) is 10.4.